The van der Waals surface area contributed by atoms with Crippen LogP contribution in [0.15, 0.2) is 43.2 Å². The molecule has 0 aliphatic heterocycles. The van der Waals surface area contributed by atoms with E-state index >= 15 is 0 Å². The van der Waals surface area contributed by atoms with Crippen LogP contribution in [0.1, 0.15) is 33.1 Å². The molecule has 0 amide bonds. The van der Waals surface area contributed by atoms with Crippen LogP contribution < -0.4 is 5.32 Å². The number of hydrogen-bond acceptors (Lipinski definition) is 7. The number of aryl methyl sites for hydroxylation is 3. The number of ether oxygens (including phenoxy) is 1. The summed E-state index contributed by atoms with van der Waals surface area (Å²) in [6.45, 7) is 3.79. The van der Waals surface area contributed by atoms with Gasteiger partial charge in [-0.25, -0.2) is 19.7 Å². The smallest absolute Gasteiger partial charge is 0.337 e. The zero-order valence-electron chi connectivity index (χ0n) is 15.4. The SMILES string of the molecule is COC(=O)c1cc(C)nc(CNCc2nccn2CCc2cncnc2)c1. The quantitative estimate of drug-likeness (QED) is 0.606. The Bertz CT molecular complexity index is 894. The number of hydrogen-bond donors (Lipinski definition) is 1. The second-order valence-corrected chi connectivity index (χ2v) is 6.12. The van der Waals surface area contributed by atoms with Crippen LogP contribution in [0.5, 0.6) is 0 Å². The summed E-state index contributed by atoms with van der Waals surface area (Å²) in [5.74, 6) is 0.579. The highest BCUT2D eigenvalue weighted by Crippen LogP contribution is 2.08. The van der Waals surface area contributed by atoms with E-state index in [4.69, 9.17) is 4.74 Å². The second kappa shape index (κ2) is 9.00. The van der Waals surface area contributed by atoms with Gasteiger partial charge in [0.05, 0.1) is 24.9 Å². The van der Waals surface area contributed by atoms with Crippen LogP contribution in [-0.2, 0) is 30.8 Å². The van der Waals surface area contributed by atoms with Gasteiger partial charge in [-0.05, 0) is 31.0 Å². The standard InChI is InChI=1S/C19H22N6O2/c1-14-7-16(19(26)27-2)8-17(24-14)11-20-12-18-23-4-6-25(18)5-3-15-9-21-13-22-10-15/h4,6-10,13,20H,3,5,11-12H2,1-2H3. The number of carbonyl (C=O) groups is 1. The van der Waals surface area contributed by atoms with Crippen LogP contribution in [0.25, 0.3) is 0 Å². The molecule has 0 aromatic carbocycles. The van der Waals surface area contributed by atoms with Crippen molar-refractivity contribution in [3.63, 3.8) is 0 Å². The van der Waals surface area contributed by atoms with E-state index in [2.05, 4.69) is 29.8 Å². The average Bonchev–Trinajstić information content (AvgIpc) is 3.13. The number of esters is 1. The van der Waals surface area contributed by atoms with E-state index in [1.165, 1.54) is 13.4 Å². The molecule has 0 radical (unpaired) electrons. The molecule has 0 fully saturated rings. The maximum atomic E-state index is 11.7. The number of imidazole rings is 1. The number of methoxy groups -OCH3 is 1. The number of aromatic nitrogens is 5. The van der Waals surface area contributed by atoms with Gasteiger partial charge in [0, 0.05) is 43.6 Å². The fourth-order valence-electron chi connectivity index (χ4n) is 2.79. The van der Waals surface area contributed by atoms with Gasteiger partial charge in [-0.2, -0.15) is 0 Å². The minimum absolute atomic E-state index is 0.359. The van der Waals surface area contributed by atoms with Gasteiger partial charge in [-0.15, -0.1) is 0 Å². The lowest BCUT2D eigenvalue weighted by Crippen LogP contribution is -2.18. The number of carbonyl (C=O) groups excluding carboxylic acids is 1. The third-order valence-corrected chi connectivity index (χ3v) is 4.07. The van der Waals surface area contributed by atoms with Crippen molar-refractivity contribution in [1.82, 2.24) is 29.8 Å². The molecule has 0 bridgehead atoms. The van der Waals surface area contributed by atoms with Gasteiger partial charge in [0.25, 0.3) is 0 Å². The molecular formula is C19H22N6O2. The molecule has 0 atom stereocenters. The van der Waals surface area contributed by atoms with Crippen LogP contribution in [0.2, 0.25) is 0 Å². The minimum atomic E-state index is -0.359. The van der Waals surface area contributed by atoms with E-state index in [0.717, 1.165) is 35.7 Å². The average molecular weight is 366 g/mol. The lowest BCUT2D eigenvalue weighted by Gasteiger charge is -2.10. The van der Waals surface area contributed by atoms with Gasteiger partial charge in [0.1, 0.15) is 12.2 Å². The predicted molar refractivity (Wildman–Crippen MR) is 98.8 cm³/mol. The summed E-state index contributed by atoms with van der Waals surface area (Å²) in [6.07, 6.45) is 9.77. The number of nitrogens with zero attached hydrogens (tertiary/aromatic N) is 5. The van der Waals surface area contributed by atoms with Gasteiger partial charge in [-0.3, -0.25) is 4.98 Å². The van der Waals surface area contributed by atoms with Crippen LogP contribution >= 0.6 is 0 Å². The van der Waals surface area contributed by atoms with E-state index < -0.39 is 0 Å². The molecule has 1 N–H and O–H groups in total. The predicted octanol–water partition coefficient (Wildman–Crippen LogP) is 1.70. The largest absolute Gasteiger partial charge is 0.465 e. The fraction of sp³-hybridized carbons (Fsp3) is 0.316. The molecule has 0 saturated carbocycles. The molecule has 0 spiro atoms. The third-order valence-electron chi connectivity index (χ3n) is 4.07. The van der Waals surface area contributed by atoms with Crippen molar-refractivity contribution in [1.29, 1.82) is 0 Å². The van der Waals surface area contributed by atoms with Gasteiger partial charge in [0.15, 0.2) is 0 Å². The highest BCUT2D eigenvalue weighted by atomic mass is 16.5. The normalized spacial score (nSPS) is 10.7. The van der Waals surface area contributed by atoms with Gasteiger partial charge in [0.2, 0.25) is 0 Å². The number of rotatable bonds is 8. The summed E-state index contributed by atoms with van der Waals surface area (Å²) in [5.41, 5.74) is 3.16. The molecule has 3 rings (SSSR count). The Hall–Kier alpha value is -3.13. The van der Waals surface area contributed by atoms with Crippen molar-refractivity contribution in [2.45, 2.75) is 33.0 Å². The molecule has 0 unspecified atom stereocenters. The zero-order chi connectivity index (χ0) is 19.1. The molecule has 140 valence electrons. The summed E-state index contributed by atoms with van der Waals surface area (Å²) >= 11 is 0. The van der Waals surface area contributed by atoms with Crippen molar-refractivity contribution in [2.75, 3.05) is 7.11 Å². The van der Waals surface area contributed by atoms with Crippen LogP contribution in [0.3, 0.4) is 0 Å². The van der Waals surface area contributed by atoms with Crippen molar-refractivity contribution >= 4 is 5.97 Å². The van der Waals surface area contributed by atoms with Crippen molar-refractivity contribution in [2.24, 2.45) is 0 Å². The van der Waals surface area contributed by atoms with E-state index in [-0.39, 0.29) is 5.97 Å². The van der Waals surface area contributed by atoms with Crippen molar-refractivity contribution < 1.29 is 9.53 Å². The number of nitrogens with one attached hydrogen (secondary N) is 1. The first kappa shape index (κ1) is 18.7. The van der Waals surface area contributed by atoms with E-state index in [1.54, 1.807) is 18.3 Å². The summed E-state index contributed by atoms with van der Waals surface area (Å²) in [7, 11) is 1.37. The van der Waals surface area contributed by atoms with Crippen LogP contribution in [0.4, 0.5) is 0 Å². The van der Waals surface area contributed by atoms with Crippen molar-refractivity contribution in [3.05, 3.63) is 71.6 Å². The molecule has 3 aromatic heterocycles. The highest BCUT2D eigenvalue weighted by molar-refractivity contribution is 5.89. The van der Waals surface area contributed by atoms with Crippen LogP contribution in [-0.4, -0.2) is 37.6 Å². The molecular weight excluding hydrogens is 344 g/mol. The zero-order valence-corrected chi connectivity index (χ0v) is 15.4. The molecule has 0 aliphatic rings. The Balaban J connectivity index is 1.56. The second-order valence-electron chi connectivity index (χ2n) is 6.12. The first-order valence-electron chi connectivity index (χ1n) is 8.66. The lowest BCUT2D eigenvalue weighted by molar-refractivity contribution is 0.0600. The van der Waals surface area contributed by atoms with Crippen molar-refractivity contribution in [3.8, 4) is 0 Å². The maximum absolute atomic E-state index is 11.7. The maximum Gasteiger partial charge on any atom is 0.337 e. The Morgan fingerprint density at radius 3 is 2.81 bits per heavy atom. The van der Waals surface area contributed by atoms with E-state index in [1.807, 2.05) is 25.5 Å². The molecule has 27 heavy (non-hydrogen) atoms. The Morgan fingerprint density at radius 2 is 2.04 bits per heavy atom. The molecule has 8 heteroatoms. The summed E-state index contributed by atoms with van der Waals surface area (Å²) in [5, 5.41) is 3.33. The van der Waals surface area contributed by atoms with E-state index in [9.17, 15) is 4.79 Å². The molecule has 0 aliphatic carbocycles. The summed E-state index contributed by atoms with van der Waals surface area (Å²) < 4.78 is 6.88. The monoisotopic (exact) mass is 366 g/mol. The first-order chi connectivity index (χ1) is 13.2. The van der Waals surface area contributed by atoms with Gasteiger partial charge in [-0.1, -0.05) is 0 Å². The molecule has 3 aromatic rings. The van der Waals surface area contributed by atoms with Crippen LogP contribution in [0, 0.1) is 6.92 Å². The fourth-order valence-corrected chi connectivity index (χ4v) is 2.79. The Morgan fingerprint density at radius 1 is 1.22 bits per heavy atom. The number of pyridine rings is 1. The molecule has 3 heterocycles. The van der Waals surface area contributed by atoms with E-state index in [0.29, 0.717) is 18.7 Å². The Kier molecular flexibility index (Phi) is 6.22. The molecule has 0 saturated heterocycles. The minimum Gasteiger partial charge on any atom is -0.465 e. The summed E-state index contributed by atoms with van der Waals surface area (Å²) in [6, 6.07) is 3.46. The highest BCUT2D eigenvalue weighted by Gasteiger charge is 2.09. The topological polar surface area (TPSA) is 94.8 Å². The molecule has 8 nitrogen and oxygen atoms in total. The Labute approximate surface area is 157 Å². The first-order valence-corrected chi connectivity index (χ1v) is 8.66. The summed E-state index contributed by atoms with van der Waals surface area (Å²) in [4.78, 5) is 28.7. The lowest BCUT2D eigenvalue weighted by atomic mass is 10.2. The third kappa shape index (κ3) is 5.18. The van der Waals surface area contributed by atoms with Gasteiger partial charge < -0.3 is 14.6 Å². The van der Waals surface area contributed by atoms with Gasteiger partial charge >= 0.3 is 5.97 Å².